The van der Waals surface area contributed by atoms with Crippen LogP contribution in [-0.4, -0.2) is 38.2 Å². The summed E-state index contributed by atoms with van der Waals surface area (Å²) in [6.45, 7) is 1.78. The summed E-state index contributed by atoms with van der Waals surface area (Å²) < 4.78 is 15.3. The molecule has 0 aliphatic carbocycles. The van der Waals surface area contributed by atoms with E-state index in [2.05, 4.69) is 15.0 Å². The average molecular weight is 418 g/mol. The Morgan fingerprint density at radius 3 is 2.43 bits per heavy atom. The summed E-state index contributed by atoms with van der Waals surface area (Å²) in [6, 6.07) is 8.76. The van der Waals surface area contributed by atoms with Gasteiger partial charge in [0.25, 0.3) is 5.91 Å². The van der Waals surface area contributed by atoms with E-state index in [9.17, 15) is 9.59 Å². The second kappa shape index (κ2) is 8.41. The topological polar surface area (TPSA) is 86.8 Å². The highest BCUT2D eigenvalue weighted by molar-refractivity contribution is 7.19. The summed E-state index contributed by atoms with van der Waals surface area (Å²) in [5, 5.41) is 4.06. The van der Waals surface area contributed by atoms with E-state index in [0.717, 1.165) is 16.9 Å². The number of amides is 1. The Morgan fingerprint density at radius 2 is 1.75 bits per heavy atom. The molecule has 0 bridgehead atoms. The number of hydrogen-bond donors (Lipinski definition) is 1. The zero-order valence-electron chi connectivity index (χ0n) is 15.7. The van der Waals surface area contributed by atoms with Crippen molar-refractivity contribution < 1.29 is 23.8 Å². The molecule has 0 aliphatic rings. The second-order valence-corrected chi connectivity index (χ2v) is 7.70. The van der Waals surface area contributed by atoms with Crippen molar-refractivity contribution in [2.24, 2.45) is 0 Å². The fraction of sp³-hybridized carbons (Fsp3) is 0.211. The van der Waals surface area contributed by atoms with E-state index in [-0.39, 0.29) is 5.91 Å². The molecule has 146 valence electrons. The number of esters is 1. The summed E-state index contributed by atoms with van der Waals surface area (Å²) >= 11 is 2.44. The van der Waals surface area contributed by atoms with Crippen molar-refractivity contribution in [3.8, 4) is 22.1 Å². The molecule has 0 fully saturated rings. The van der Waals surface area contributed by atoms with Crippen LogP contribution in [0.1, 0.15) is 25.0 Å². The number of aromatic nitrogens is 1. The van der Waals surface area contributed by atoms with Gasteiger partial charge in [0.1, 0.15) is 14.8 Å². The van der Waals surface area contributed by atoms with Crippen molar-refractivity contribution >= 4 is 39.6 Å². The van der Waals surface area contributed by atoms with Gasteiger partial charge in [0.15, 0.2) is 11.5 Å². The molecule has 3 aromatic rings. The number of nitrogens with one attached hydrogen (secondary N) is 1. The summed E-state index contributed by atoms with van der Waals surface area (Å²) in [5.74, 6) is 0.500. The molecular formula is C19H18N2O5S2. The molecule has 0 radical (unpaired) electrons. The molecule has 0 aliphatic heterocycles. The molecule has 9 heteroatoms. The highest BCUT2D eigenvalue weighted by Crippen LogP contribution is 2.35. The zero-order valence-corrected chi connectivity index (χ0v) is 17.3. The van der Waals surface area contributed by atoms with Crippen molar-refractivity contribution in [3.05, 3.63) is 45.8 Å². The predicted molar refractivity (Wildman–Crippen MR) is 109 cm³/mol. The lowest BCUT2D eigenvalue weighted by atomic mass is 10.2. The van der Waals surface area contributed by atoms with Gasteiger partial charge in [-0.05, 0) is 37.3 Å². The Morgan fingerprint density at radius 1 is 1.00 bits per heavy atom. The van der Waals surface area contributed by atoms with Crippen LogP contribution in [0.4, 0.5) is 5.00 Å². The third-order valence-electron chi connectivity index (χ3n) is 3.86. The maximum atomic E-state index is 12.7. The lowest BCUT2D eigenvalue weighted by Gasteiger charge is -2.08. The van der Waals surface area contributed by atoms with Crippen molar-refractivity contribution in [2.45, 2.75) is 6.92 Å². The number of anilines is 1. The first-order valence-corrected chi connectivity index (χ1v) is 9.79. The van der Waals surface area contributed by atoms with Gasteiger partial charge in [0.2, 0.25) is 0 Å². The summed E-state index contributed by atoms with van der Waals surface area (Å²) in [5.41, 5.74) is 1.45. The molecule has 0 saturated heterocycles. The van der Waals surface area contributed by atoms with Gasteiger partial charge >= 0.3 is 5.97 Å². The number of carbonyl (C=O) groups excluding carboxylic acids is 2. The summed E-state index contributed by atoms with van der Waals surface area (Å²) in [6.07, 6.45) is 0. The fourth-order valence-electron chi connectivity index (χ4n) is 2.48. The fourth-order valence-corrected chi connectivity index (χ4v) is 4.26. The van der Waals surface area contributed by atoms with E-state index in [1.165, 1.54) is 18.4 Å². The smallest absolute Gasteiger partial charge is 0.348 e. The number of aryl methyl sites for hydroxylation is 1. The van der Waals surface area contributed by atoms with Crippen molar-refractivity contribution in [3.63, 3.8) is 0 Å². The maximum absolute atomic E-state index is 12.7. The minimum atomic E-state index is -0.435. The van der Waals surface area contributed by atoms with E-state index in [4.69, 9.17) is 9.47 Å². The van der Waals surface area contributed by atoms with Crippen LogP contribution in [0.15, 0.2) is 30.3 Å². The number of rotatable bonds is 6. The van der Waals surface area contributed by atoms with Crippen molar-refractivity contribution in [1.82, 2.24) is 4.98 Å². The van der Waals surface area contributed by atoms with Gasteiger partial charge in [-0.1, -0.05) is 0 Å². The number of carbonyl (C=O) groups is 2. The molecule has 0 atom stereocenters. The highest BCUT2D eigenvalue weighted by atomic mass is 32.1. The molecule has 3 rings (SSSR count). The van der Waals surface area contributed by atoms with Crippen LogP contribution in [0.25, 0.3) is 10.6 Å². The molecule has 1 amide bonds. The predicted octanol–water partition coefficient (Wildman–Crippen LogP) is 4.24. The standard InChI is InChI=1S/C19H18N2O5S2/c1-10-16(17(22)21-15-8-7-14(27-15)19(23)26-4)28-18(20-10)11-5-6-12(24-2)13(9-11)25-3/h5-9H,1-4H3,(H,21,22). The van der Waals surface area contributed by atoms with Crippen LogP contribution in [0.3, 0.4) is 0 Å². The molecular weight excluding hydrogens is 400 g/mol. The van der Waals surface area contributed by atoms with Gasteiger partial charge in [-0.15, -0.1) is 22.7 Å². The normalized spacial score (nSPS) is 10.4. The Balaban J connectivity index is 1.83. The zero-order chi connectivity index (χ0) is 20.3. The average Bonchev–Trinajstić information content (AvgIpc) is 3.33. The Hall–Kier alpha value is -2.91. The van der Waals surface area contributed by atoms with Gasteiger partial charge < -0.3 is 19.5 Å². The quantitative estimate of drug-likeness (QED) is 0.603. The van der Waals surface area contributed by atoms with Crippen LogP contribution in [0, 0.1) is 6.92 Å². The molecule has 2 aromatic heterocycles. The molecule has 7 nitrogen and oxygen atoms in total. The number of thiazole rings is 1. The van der Waals surface area contributed by atoms with E-state index >= 15 is 0 Å². The Labute approximate surface area is 169 Å². The van der Waals surface area contributed by atoms with Crippen LogP contribution in [0.5, 0.6) is 11.5 Å². The molecule has 28 heavy (non-hydrogen) atoms. The molecule has 0 unspecified atom stereocenters. The third kappa shape index (κ3) is 4.00. The first kappa shape index (κ1) is 19.8. The van der Waals surface area contributed by atoms with Gasteiger partial charge in [0.05, 0.1) is 32.0 Å². The van der Waals surface area contributed by atoms with Gasteiger partial charge in [-0.3, -0.25) is 4.79 Å². The van der Waals surface area contributed by atoms with E-state index in [1.54, 1.807) is 39.3 Å². The number of nitrogens with zero attached hydrogens (tertiary/aromatic N) is 1. The minimum absolute atomic E-state index is 0.278. The van der Waals surface area contributed by atoms with Crippen LogP contribution >= 0.6 is 22.7 Å². The highest BCUT2D eigenvalue weighted by Gasteiger charge is 2.19. The summed E-state index contributed by atoms with van der Waals surface area (Å²) in [4.78, 5) is 29.6. The molecule has 1 aromatic carbocycles. The number of benzene rings is 1. The number of thiophene rings is 1. The molecule has 0 spiro atoms. The molecule has 0 saturated carbocycles. The SMILES string of the molecule is COC(=O)c1ccc(NC(=O)c2sc(-c3ccc(OC)c(OC)c3)nc2C)s1. The van der Waals surface area contributed by atoms with Gasteiger partial charge in [-0.25, -0.2) is 9.78 Å². The number of methoxy groups -OCH3 is 3. The van der Waals surface area contributed by atoms with Gasteiger partial charge in [-0.2, -0.15) is 0 Å². The minimum Gasteiger partial charge on any atom is -0.493 e. The van der Waals surface area contributed by atoms with Crippen LogP contribution in [-0.2, 0) is 4.74 Å². The van der Waals surface area contributed by atoms with E-state index < -0.39 is 5.97 Å². The van der Waals surface area contributed by atoms with Crippen molar-refractivity contribution in [1.29, 1.82) is 0 Å². The van der Waals surface area contributed by atoms with E-state index in [1.807, 2.05) is 12.1 Å². The monoisotopic (exact) mass is 418 g/mol. The first-order valence-electron chi connectivity index (χ1n) is 8.16. The number of ether oxygens (including phenoxy) is 3. The van der Waals surface area contributed by atoms with Crippen LogP contribution in [0.2, 0.25) is 0 Å². The van der Waals surface area contributed by atoms with Crippen LogP contribution < -0.4 is 14.8 Å². The maximum Gasteiger partial charge on any atom is 0.348 e. The lowest BCUT2D eigenvalue weighted by molar-refractivity contribution is 0.0606. The molecule has 2 heterocycles. The van der Waals surface area contributed by atoms with Crippen molar-refractivity contribution in [2.75, 3.05) is 26.6 Å². The Bertz CT molecular complexity index is 1030. The largest absolute Gasteiger partial charge is 0.493 e. The van der Waals surface area contributed by atoms with E-state index in [0.29, 0.717) is 37.0 Å². The number of hydrogen-bond acceptors (Lipinski definition) is 8. The lowest BCUT2D eigenvalue weighted by Crippen LogP contribution is -2.10. The Kier molecular flexibility index (Phi) is 5.96. The second-order valence-electron chi connectivity index (χ2n) is 5.61. The first-order chi connectivity index (χ1) is 13.5. The molecule has 1 N–H and O–H groups in total. The summed E-state index contributed by atoms with van der Waals surface area (Å²) in [7, 11) is 4.46. The third-order valence-corrected chi connectivity index (χ3v) is 6.05. The van der Waals surface area contributed by atoms with Gasteiger partial charge in [0, 0.05) is 5.56 Å².